The van der Waals surface area contributed by atoms with Gasteiger partial charge in [-0.2, -0.15) is 0 Å². The first-order chi connectivity index (χ1) is 12.3. The van der Waals surface area contributed by atoms with Crippen molar-refractivity contribution in [1.29, 1.82) is 0 Å². The number of ether oxygens (including phenoxy) is 2. The number of hydrogen-bond donors (Lipinski definition) is 2. The van der Waals surface area contributed by atoms with E-state index in [1.165, 1.54) is 38.5 Å². The van der Waals surface area contributed by atoms with Crippen LogP contribution < -0.4 is 14.2 Å². The third-order valence-electron chi connectivity index (χ3n) is 3.59. The van der Waals surface area contributed by atoms with Gasteiger partial charge in [0.05, 0.1) is 31.6 Å². The van der Waals surface area contributed by atoms with Gasteiger partial charge in [0.15, 0.2) is 11.5 Å². The first kappa shape index (κ1) is 19.7. The van der Waals surface area contributed by atoms with E-state index in [-0.39, 0.29) is 4.90 Å². The molecule has 2 N–H and O–H groups in total. The lowest BCUT2D eigenvalue weighted by molar-refractivity contribution is -0.137. The molecule has 0 spiro atoms. The Labute approximate surface area is 150 Å². The Kier molecular flexibility index (Phi) is 6.17. The zero-order chi connectivity index (χ0) is 19.3. The smallest absolute Gasteiger partial charge is 0.305 e. The number of carboxylic acid groups (broad SMARTS) is 1. The van der Waals surface area contributed by atoms with Crippen LogP contribution in [0.3, 0.4) is 0 Å². The van der Waals surface area contributed by atoms with E-state index < -0.39 is 34.3 Å². The van der Waals surface area contributed by atoms with Crippen LogP contribution in [0.2, 0.25) is 0 Å². The maximum Gasteiger partial charge on any atom is 0.305 e. The van der Waals surface area contributed by atoms with E-state index in [0.29, 0.717) is 17.1 Å². The highest BCUT2D eigenvalue weighted by Crippen LogP contribution is 2.31. The number of carbonyl (C=O) groups is 1. The van der Waals surface area contributed by atoms with Crippen LogP contribution in [0.1, 0.15) is 18.0 Å². The fourth-order valence-corrected chi connectivity index (χ4v) is 3.62. The molecule has 1 unspecified atom stereocenters. The monoisotopic (exact) mass is 383 g/mol. The summed E-state index contributed by atoms with van der Waals surface area (Å²) in [6.07, 6.45) is -0.510. The molecule has 0 aliphatic carbocycles. The third kappa shape index (κ3) is 4.70. The average Bonchev–Trinajstić information content (AvgIpc) is 2.60. The number of carboxylic acids is 1. The lowest BCUT2D eigenvalue weighted by Gasteiger charge is -2.19. The van der Waals surface area contributed by atoms with E-state index in [0.717, 1.165) is 12.1 Å². The van der Waals surface area contributed by atoms with Crippen molar-refractivity contribution >= 4 is 16.0 Å². The molecule has 0 amide bonds. The van der Waals surface area contributed by atoms with Gasteiger partial charge in [-0.15, -0.1) is 0 Å². The fraction of sp³-hybridized carbons (Fsp3) is 0.235. The molecule has 0 aromatic heterocycles. The van der Waals surface area contributed by atoms with E-state index in [1.54, 1.807) is 6.07 Å². The molecule has 0 aliphatic rings. The quantitative estimate of drug-likeness (QED) is 0.725. The molecule has 2 rings (SSSR count). The summed E-state index contributed by atoms with van der Waals surface area (Å²) in [5, 5.41) is 9.13. The molecule has 7 nitrogen and oxygen atoms in total. The van der Waals surface area contributed by atoms with Crippen LogP contribution >= 0.6 is 0 Å². The first-order valence-corrected chi connectivity index (χ1v) is 8.96. The summed E-state index contributed by atoms with van der Waals surface area (Å²) in [5.41, 5.74) is 0.366. The van der Waals surface area contributed by atoms with Crippen molar-refractivity contribution in [2.75, 3.05) is 14.2 Å². The Bertz CT molecular complexity index is 900. The summed E-state index contributed by atoms with van der Waals surface area (Å²) in [5.74, 6) is -1.18. The lowest BCUT2D eigenvalue weighted by atomic mass is 10.0. The SMILES string of the molecule is COc1ccc(C(CC(=O)O)NS(=O)(=O)c2cccc(F)c2)cc1OC. The van der Waals surface area contributed by atoms with Crippen LogP contribution in [-0.4, -0.2) is 33.7 Å². The average molecular weight is 383 g/mol. The second-order valence-corrected chi connectivity index (χ2v) is 7.06. The lowest BCUT2D eigenvalue weighted by Crippen LogP contribution is -2.30. The summed E-state index contributed by atoms with van der Waals surface area (Å²) >= 11 is 0. The number of halogens is 1. The number of methoxy groups -OCH3 is 2. The van der Waals surface area contributed by atoms with Gasteiger partial charge in [0.2, 0.25) is 10.0 Å². The molecular formula is C17H18FNO6S. The van der Waals surface area contributed by atoms with E-state index in [2.05, 4.69) is 4.72 Å². The number of hydrogen-bond acceptors (Lipinski definition) is 5. The molecule has 0 heterocycles. The van der Waals surface area contributed by atoms with Gasteiger partial charge >= 0.3 is 5.97 Å². The van der Waals surface area contributed by atoms with Crippen LogP contribution in [0.4, 0.5) is 4.39 Å². The summed E-state index contributed by atoms with van der Waals surface area (Å²) in [4.78, 5) is 10.9. The van der Waals surface area contributed by atoms with Crippen molar-refractivity contribution in [3.8, 4) is 11.5 Å². The van der Waals surface area contributed by atoms with Crippen LogP contribution in [0.5, 0.6) is 11.5 Å². The zero-order valence-electron chi connectivity index (χ0n) is 14.1. The van der Waals surface area contributed by atoms with Gasteiger partial charge < -0.3 is 14.6 Å². The van der Waals surface area contributed by atoms with E-state index in [1.807, 2.05) is 0 Å². The van der Waals surface area contributed by atoms with Gasteiger partial charge in [-0.3, -0.25) is 4.79 Å². The van der Waals surface area contributed by atoms with Crippen molar-refractivity contribution in [2.24, 2.45) is 0 Å². The van der Waals surface area contributed by atoms with E-state index in [4.69, 9.17) is 14.6 Å². The minimum absolute atomic E-state index is 0.298. The Balaban J connectivity index is 2.40. The van der Waals surface area contributed by atoms with Gasteiger partial charge in [0.25, 0.3) is 0 Å². The number of benzene rings is 2. The van der Waals surface area contributed by atoms with Gasteiger partial charge in [-0.1, -0.05) is 12.1 Å². The van der Waals surface area contributed by atoms with Crippen LogP contribution in [0.15, 0.2) is 47.4 Å². The molecule has 0 bridgehead atoms. The van der Waals surface area contributed by atoms with Crippen molar-refractivity contribution < 1.29 is 32.2 Å². The Morgan fingerprint density at radius 2 is 1.85 bits per heavy atom. The first-order valence-electron chi connectivity index (χ1n) is 7.48. The maximum atomic E-state index is 13.3. The highest BCUT2D eigenvalue weighted by molar-refractivity contribution is 7.89. The van der Waals surface area contributed by atoms with Gasteiger partial charge in [-0.05, 0) is 35.9 Å². The molecule has 2 aromatic rings. The largest absolute Gasteiger partial charge is 0.493 e. The van der Waals surface area contributed by atoms with Crippen LogP contribution in [-0.2, 0) is 14.8 Å². The summed E-state index contributed by atoms with van der Waals surface area (Å²) in [7, 11) is -1.29. The minimum Gasteiger partial charge on any atom is -0.493 e. The highest BCUT2D eigenvalue weighted by atomic mass is 32.2. The minimum atomic E-state index is -4.14. The summed E-state index contributed by atoms with van der Waals surface area (Å²) < 4.78 is 50.9. The second-order valence-electron chi connectivity index (χ2n) is 5.34. The molecule has 2 aromatic carbocycles. The predicted octanol–water partition coefficient (Wildman–Crippen LogP) is 2.34. The molecule has 0 fully saturated rings. The number of nitrogens with one attached hydrogen (secondary N) is 1. The standard InChI is InChI=1S/C17H18FNO6S/c1-24-15-7-6-11(8-16(15)25-2)14(10-17(20)21)19-26(22,23)13-5-3-4-12(18)9-13/h3-9,14,19H,10H2,1-2H3,(H,20,21). The Morgan fingerprint density at radius 1 is 1.15 bits per heavy atom. The fourth-order valence-electron chi connectivity index (χ4n) is 2.36. The predicted molar refractivity (Wildman–Crippen MR) is 91.3 cm³/mol. The van der Waals surface area contributed by atoms with Crippen molar-refractivity contribution in [2.45, 2.75) is 17.4 Å². The molecule has 0 saturated carbocycles. The van der Waals surface area contributed by atoms with E-state index in [9.17, 15) is 17.6 Å². The Morgan fingerprint density at radius 3 is 2.42 bits per heavy atom. The van der Waals surface area contributed by atoms with E-state index >= 15 is 0 Å². The molecule has 26 heavy (non-hydrogen) atoms. The van der Waals surface area contributed by atoms with Crippen molar-refractivity contribution in [1.82, 2.24) is 4.72 Å². The summed E-state index contributed by atoms with van der Waals surface area (Å²) in [6, 6.07) is 7.92. The molecule has 0 aliphatic heterocycles. The molecule has 9 heteroatoms. The highest BCUT2D eigenvalue weighted by Gasteiger charge is 2.25. The number of rotatable bonds is 8. The van der Waals surface area contributed by atoms with Crippen LogP contribution in [0.25, 0.3) is 0 Å². The number of sulfonamides is 1. The van der Waals surface area contributed by atoms with Gasteiger partial charge in [0, 0.05) is 0 Å². The van der Waals surface area contributed by atoms with Gasteiger partial charge in [0.1, 0.15) is 5.82 Å². The molecule has 140 valence electrons. The molecule has 0 saturated heterocycles. The third-order valence-corrected chi connectivity index (χ3v) is 5.06. The van der Waals surface area contributed by atoms with Crippen molar-refractivity contribution in [3.05, 3.63) is 53.8 Å². The number of aliphatic carboxylic acids is 1. The molecule has 0 radical (unpaired) electrons. The van der Waals surface area contributed by atoms with Gasteiger partial charge in [-0.25, -0.2) is 17.5 Å². The normalized spacial score (nSPS) is 12.4. The second kappa shape index (κ2) is 8.15. The van der Waals surface area contributed by atoms with Crippen molar-refractivity contribution in [3.63, 3.8) is 0 Å². The molecule has 1 atom stereocenters. The topological polar surface area (TPSA) is 102 Å². The molecular weight excluding hydrogens is 365 g/mol. The summed E-state index contributed by atoms with van der Waals surface area (Å²) in [6.45, 7) is 0. The zero-order valence-corrected chi connectivity index (χ0v) is 14.9. The van der Waals surface area contributed by atoms with Crippen LogP contribution in [0, 0.1) is 5.82 Å². The maximum absolute atomic E-state index is 13.3. The Hall–Kier alpha value is -2.65.